The van der Waals surface area contributed by atoms with Crippen LogP contribution in [0.25, 0.3) is 0 Å². The van der Waals surface area contributed by atoms with Crippen molar-refractivity contribution in [1.82, 2.24) is 15.1 Å². The first-order chi connectivity index (χ1) is 13.6. The smallest absolute Gasteiger partial charge is 0.230 e. The number of nitrogens with zero attached hydrogens (tertiary/aromatic N) is 2. The molecule has 3 rings (SSSR count). The maximum absolute atomic E-state index is 13.5. The van der Waals surface area contributed by atoms with E-state index >= 15 is 0 Å². The molecular weight excluding hydrogens is 390 g/mol. The summed E-state index contributed by atoms with van der Waals surface area (Å²) in [5.74, 6) is -0.0271. The molecular formula is C22H30ClN3O3. The average Bonchev–Trinajstić information content (AvgIpc) is 3.00. The second kappa shape index (κ2) is 7.98. The van der Waals surface area contributed by atoms with Gasteiger partial charge in [0.2, 0.25) is 17.7 Å². The van der Waals surface area contributed by atoms with Crippen molar-refractivity contribution in [2.45, 2.75) is 45.7 Å². The van der Waals surface area contributed by atoms with Crippen LogP contribution in [0.1, 0.15) is 45.7 Å². The van der Waals surface area contributed by atoms with Gasteiger partial charge in [-0.25, -0.2) is 0 Å². The van der Waals surface area contributed by atoms with Crippen molar-refractivity contribution in [2.75, 3.05) is 25.5 Å². The lowest BCUT2D eigenvalue weighted by molar-refractivity contribution is -0.141. The summed E-state index contributed by atoms with van der Waals surface area (Å²) in [7, 11) is 0. The Morgan fingerprint density at radius 2 is 1.86 bits per heavy atom. The number of benzene rings is 1. The lowest BCUT2D eigenvalue weighted by atomic mass is 9.75. The molecule has 3 amide bonds. The Morgan fingerprint density at radius 3 is 2.41 bits per heavy atom. The Labute approximate surface area is 177 Å². The van der Waals surface area contributed by atoms with Crippen LogP contribution in [0.5, 0.6) is 0 Å². The van der Waals surface area contributed by atoms with Gasteiger partial charge in [-0.15, -0.1) is 11.6 Å². The van der Waals surface area contributed by atoms with Gasteiger partial charge in [0.15, 0.2) is 0 Å². The molecule has 0 aromatic heterocycles. The number of amides is 3. The normalized spacial score (nSPS) is 26.8. The Balaban J connectivity index is 2.10. The fourth-order valence-corrected chi connectivity index (χ4v) is 4.89. The number of carbonyl (C=O) groups excluding carboxylic acids is 3. The molecule has 0 saturated carbocycles. The number of fused-ring (bicyclic) bond motifs is 1. The highest BCUT2D eigenvalue weighted by Gasteiger charge is 2.58. The number of alkyl halides is 1. The molecule has 0 bridgehead atoms. The van der Waals surface area contributed by atoms with Crippen LogP contribution in [0.15, 0.2) is 30.3 Å². The van der Waals surface area contributed by atoms with Crippen molar-refractivity contribution < 1.29 is 14.4 Å². The van der Waals surface area contributed by atoms with Crippen LogP contribution in [-0.2, 0) is 14.4 Å². The van der Waals surface area contributed by atoms with E-state index in [2.05, 4.69) is 5.32 Å². The molecule has 2 fully saturated rings. The number of carbonyl (C=O) groups is 3. The molecule has 3 atom stereocenters. The molecule has 29 heavy (non-hydrogen) atoms. The van der Waals surface area contributed by atoms with Gasteiger partial charge in [-0.05, 0) is 25.8 Å². The van der Waals surface area contributed by atoms with Crippen LogP contribution in [0.2, 0.25) is 0 Å². The molecule has 1 aromatic carbocycles. The van der Waals surface area contributed by atoms with E-state index in [0.29, 0.717) is 26.1 Å². The van der Waals surface area contributed by atoms with Crippen LogP contribution in [0.3, 0.4) is 0 Å². The minimum atomic E-state index is -0.722. The van der Waals surface area contributed by atoms with Gasteiger partial charge in [0.05, 0.1) is 17.0 Å². The molecule has 1 aromatic rings. The number of hydrogen-bond donors (Lipinski definition) is 1. The molecule has 0 unspecified atom stereocenters. The standard InChI is InChI=1S/C22H30ClN3O3/c1-15(27)24-22-10-11-25(16(2)28)12-18(22)19(17-8-6-5-7-9-17)26(14-22)20(29)21(3,4)13-23/h5-9,18-19H,10-14H2,1-4H3,(H,24,27)/t18-,19-,22-/m1/s1. The molecule has 2 heterocycles. The van der Waals surface area contributed by atoms with E-state index in [4.69, 9.17) is 11.6 Å². The SMILES string of the molecule is CC(=O)N[C@@]12CCN(C(C)=O)C[C@@H]1[C@@H](c1ccccc1)N(C(=O)C(C)(C)CCl)C2. The third kappa shape index (κ3) is 4.00. The Bertz CT molecular complexity index is 798. The van der Waals surface area contributed by atoms with E-state index in [1.807, 2.05) is 54.0 Å². The summed E-state index contributed by atoms with van der Waals surface area (Å²) in [5.41, 5.74) is -0.273. The summed E-state index contributed by atoms with van der Waals surface area (Å²) >= 11 is 6.13. The van der Waals surface area contributed by atoms with Gasteiger partial charge in [0.25, 0.3) is 0 Å². The van der Waals surface area contributed by atoms with E-state index < -0.39 is 11.0 Å². The van der Waals surface area contributed by atoms with Gasteiger partial charge >= 0.3 is 0 Å². The minimum absolute atomic E-state index is 0.0131. The van der Waals surface area contributed by atoms with Crippen LogP contribution in [-0.4, -0.2) is 58.6 Å². The maximum atomic E-state index is 13.5. The largest absolute Gasteiger partial charge is 0.349 e. The molecule has 7 heteroatoms. The predicted molar refractivity (Wildman–Crippen MR) is 112 cm³/mol. The van der Waals surface area contributed by atoms with Gasteiger partial charge < -0.3 is 15.1 Å². The van der Waals surface area contributed by atoms with Gasteiger partial charge in [-0.2, -0.15) is 0 Å². The van der Waals surface area contributed by atoms with Crippen LogP contribution in [0.4, 0.5) is 0 Å². The fourth-order valence-electron chi connectivity index (χ4n) is 4.78. The molecule has 0 aliphatic carbocycles. The average molecular weight is 420 g/mol. The highest BCUT2D eigenvalue weighted by molar-refractivity contribution is 6.19. The summed E-state index contributed by atoms with van der Waals surface area (Å²) in [5, 5.41) is 3.17. The second-order valence-corrected chi connectivity index (χ2v) is 9.23. The quantitative estimate of drug-likeness (QED) is 0.762. The lowest BCUT2D eigenvalue weighted by Gasteiger charge is -2.44. The summed E-state index contributed by atoms with van der Waals surface area (Å²) < 4.78 is 0. The third-order valence-corrected chi connectivity index (χ3v) is 6.98. The zero-order valence-corrected chi connectivity index (χ0v) is 18.3. The fraction of sp³-hybridized carbons (Fsp3) is 0.591. The predicted octanol–water partition coefficient (Wildman–Crippen LogP) is 2.58. The monoisotopic (exact) mass is 419 g/mol. The minimum Gasteiger partial charge on any atom is -0.349 e. The first-order valence-corrected chi connectivity index (χ1v) is 10.6. The Morgan fingerprint density at radius 1 is 1.21 bits per heavy atom. The van der Waals surface area contributed by atoms with Crippen molar-refractivity contribution in [3.05, 3.63) is 35.9 Å². The van der Waals surface area contributed by atoms with E-state index in [9.17, 15) is 14.4 Å². The van der Waals surface area contributed by atoms with Crippen molar-refractivity contribution in [1.29, 1.82) is 0 Å². The van der Waals surface area contributed by atoms with Crippen LogP contribution >= 0.6 is 11.6 Å². The van der Waals surface area contributed by atoms with E-state index in [1.54, 1.807) is 6.92 Å². The second-order valence-electron chi connectivity index (χ2n) is 8.96. The van der Waals surface area contributed by atoms with Gasteiger partial charge in [0.1, 0.15) is 0 Å². The van der Waals surface area contributed by atoms with Crippen LogP contribution < -0.4 is 5.32 Å². The molecule has 0 radical (unpaired) electrons. The molecule has 6 nitrogen and oxygen atoms in total. The number of halogens is 1. The van der Waals surface area contributed by atoms with E-state index in [-0.39, 0.29) is 35.6 Å². The molecule has 2 aliphatic heterocycles. The molecule has 158 valence electrons. The first-order valence-electron chi connectivity index (χ1n) is 10.1. The zero-order chi connectivity index (χ0) is 21.4. The molecule has 2 aliphatic rings. The summed E-state index contributed by atoms with van der Waals surface area (Å²) in [4.78, 5) is 41.5. The van der Waals surface area contributed by atoms with Crippen molar-refractivity contribution in [3.63, 3.8) is 0 Å². The zero-order valence-electron chi connectivity index (χ0n) is 17.6. The first kappa shape index (κ1) is 21.6. The van der Waals surface area contributed by atoms with Crippen molar-refractivity contribution in [2.24, 2.45) is 11.3 Å². The van der Waals surface area contributed by atoms with Crippen molar-refractivity contribution >= 4 is 29.3 Å². The molecule has 2 saturated heterocycles. The topological polar surface area (TPSA) is 69.7 Å². The summed E-state index contributed by atoms with van der Waals surface area (Å²) in [6.45, 7) is 8.25. The summed E-state index contributed by atoms with van der Waals surface area (Å²) in [6, 6.07) is 9.63. The number of nitrogens with one attached hydrogen (secondary N) is 1. The molecule has 0 spiro atoms. The third-order valence-electron chi connectivity index (χ3n) is 6.31. The van der Waals surface area contributed by atoms with E-state index in [1.165, 1.54) is 6.92 Å². The van der Waals surface area contributed by atoms with Gasteiger partial charge in [0, 0.05) is 45.3 Å². The lowest BCUT2D eigenvalue weighted by Crippen LogP contribution is -2.61. The summed E-state index contributed by atoms with van der Waals surface area (Å²) in [6.07, 6.45) is 0.616. The number of hydrogen-bond acceptors (Lipinski definition) is 3. The van der Waals surface area contributed by atoms with E-state index in [0.717, 1.165) is 5.56 Å². The number of rotatable bonds is 4. The Kier molecular flexibility index (Phi) is 5.95. The highest BCUT2D eigenvalue weighted by Crippen LogP contribution is 2.48. The van der Waals surface area contributed by atoms with Crippen molar-refractivity contribution in [3.8, 4) is 0 Å². The van der Waals surface area contributed by atoms with Crippen LogP contribution in [0, 0.1) is 11.3 Å². The number of piperidine rings is 1. The van der Waals surface area contributed by atoms with Gasteiger partial charge in [-0.3, -0.25) is 14.4 Å². The Hall–Kier alpha value is -2.08. The number of likely N-dealkylation sites (tertiary alicyclic amines) is 2. The van der Waals surface area contributed by atoms with Gasteiger partial charge in [-0.1, -0.05) is 30.3 Å². The molecule has 1 N–H and O–H groups in total. The highest BCUT2D eigenvalue weighted by atomic mass is 35.5. The maximum Gasteiger partial charge on any atom is 0.230 e.